The second-order valence-electron chi connectivity index (χ2n) is 4.75. The molecule has 1 aromatic heterocycles. The molecule has 1 N–H and O–H groups in total. The lowest BCUT2D eigenvalue weighted by Gasteiger charge is -2.15. The highest BCUT2D eigenvalue weighted by Gasteiger charge is 2.15. The molecule has 21 heavy (non-hydrogen) atoms. The molecule has 112 valence electrons. The summed E-state index contributed by atoms with van der Waals surface area (Å²) in [6, 6.07) is 6.33. The Morgan fingerprint density at radius 2 is 2.10 bits per heavy atom. The number of rotatable bonds is 6. The van der Waals surface area contributed by atoms with E-state index in [1.54, 1.807) is 30.3 Å². The first-order chi connectivity index (χ1) is 10.1. The summed E-state index contributed by atoms with van der Waals surface area (Å²) in [6.07, 6.45) is 2.22. The van der Waals surface area contributed by atoms with Gasteiger partial charge in [-0.05, 0) is 24.7 Å². The number of carbonyl (C=O) groups excluding carboxylic acids is 1. The Labute approximate surface area is 127 Å². The van der Waals surface area contributed by atoms with Gasteiger partial charge in [-0.1, -0.05) is 12.1 Å². The Bertz CT molecular complexity index is 597. The van der Waals surface area contributed by atoms with E-state index < -0.39 is 0 Å². The van der Waals surface area contributed by atoms with Crippen LogP contribution in [0.15, 0.2) is 30.5 Å². The number of thiazole rings is 1. The van der Waals surface area contributed by atoms with Crippen LogP contribution in [-0.2, 0) is 6.42 Å². The van der Waals surface area contributed by atoms with E-state index in [0.29, 0.717) is 17.8 Å². The molecule has 0 saturated heterocycles. The number of nitrogens with one attached hydrogen (secondary N) is 1. The van der Waals surface area contributed by atoms with Gasteiger partial charge in [-0.3, -0.25) is 4.79 Å². The molecule has 1 aromatic carbocycles. The van der Waals surface area contributed by atoms with Gasteiger partial charge in [-0.25, -0.2) is 9.37 Å². The van der Waals surface area contributed by atoms with Gasteiger partial charge < -0.3 is 10.2 Å². The van der Waals surface area contributed by atoms with Crippen molar-refractivity contribution in [2.75, 3.05) is 27.2 Å². The van der Waals surface area contributed by atoms with E-state index in [2.05, 4.69) is 10.3 Å². The first-order valence-electron chi connectivity index (χ1n) is 6.69. The molecule has 4 nitrogen and oxygen atoms in total. The number of amides is 1. The van der Waals surface area contributed by atoms with E-state index in [0.717, 1.165) is 17.1 Å². The van der Waals surface area contributed by atoms with Crippen molar-refractivity contribution >= 4 is 17.2 Å². The topological polar surface area (TPSA) is 45.2 Å². The summed E-state index contributed by atoms with van der Waals surface area (Å²) in [6.45, 7) is 1.41. The van der Waals surface area contributed by atoms with Crippen LogP contribution in [0.3, 0.4) is 0 Å². The third-order valence-corrected chi connectivity index (χ3v) is 4.06. The van der Waals surface area contributed by atoms with Gasteiger partial charge in [-0.2, -0.15) is 0 Å². The zero-order valence-corrected chi connectivity index (χ0v) is 12.9. The van der Waals surface area contributed by atoms with Gasteiger partial charge in [0, 0.05) is 26.6 Å². The monoisotopic (exact) mass is 307 g/mol. The van der Waals surface area contributed by atoms with Crippen molar-refractivity contribution in [3.8, 4) is 0 Å². The van der Waals surface area contributed by atoms with Gasteiger partial charge in [0.2, 0.25) is 0 Å². The fourth-order valence-corrected chi connectivity index (χ4v) is 2.78. The van der Waals surface area contributed by atoms with E-state index >= 15 is 0 Å². The first-order valence-corrected chi connectivity index (χ1v) is 7.51. The van der Waals surface area contributed by atoms with E-state index in [9.17, 15) is 9.18 Å². The minimum Gasteiger partial charge on any atom is -0.340 e. The van der Waals surface area contributed by atoms with Crippen LogP contribution in [0.1, 0.15) is 20.2 Å². The number of benzene rings is 1. The molecule has 0 unspecified atom stereocenters. The average Bonchev–Trinajstić information content (AvgIpc) is 2.95. The van der Waals surface area contributed by atoms with E-state index in [1.165, 1.54) is 23.5 Å². The van der Waals surface area contributed by atoms with Crippen LogP contribution >= 0.6 is 11.3 Å². The summed E-state index contributed by atoms with van der Waals surface area (Å²) in [5.41, 5.74) is 0.980. The maximum atomic E-state index is 12.9. The van der Waals surface area contributed by atoms with Gasteiger partial charge in [0.25, 0.3) is 5.91 Å². The second kappa shape index (κ2) is 7.28. The maximum Gasteiger partial charge on any atom is 0.265 e. The normalized spacial score (nSPS) is 10.6. The van der Waals surface area contributed by atoms with Crippen LogP contribution in [0.25, 0.3) is 0 Å². The van der Waals surface area contributed by atoms with Crippen molar-refractivity contribution in [2.45, 2.75) is 6.42 Å². The molecule has 0 saturated carbocycles. The number of hydrogen-bond acceptors (Lipinski definition) is 4. The van der Waals surface area contributed by atoms with Crippen LogP contribution < -0.4 is 5.32 Å². The third kappa shape index (κ3) is 4.34. The second-order valence-corrected chi connectivity index (χ2v) is 5.87. The van der Waals surface area contributed by atoms with Crippen molar-refractivity contribution < 1.29 is 9.18 Å². The number of carbonyl (C=O) groups is 1. The number of halogens is 1. The van der Waals surface area contributed by atoms with Gasteiger partial charge >= 0.3 is 0 Å². The summed E-state index contributed by atoms with van der Waals surface area (Å²) in [4.78, 5) is 18.8. The number of nitrogens with zero attached hydrogens (tertiary/aromatic N) is 2. The van der Waals surface area contributed by atoms with Gasteiger partial charge in [-0.15, -0.1) is 11.3 Å². The molecule has 0 aliphatic rings. The molecule has 0 spiro atoms. The van der Waals surface area contributed by atoms with Crippen molar-refractivity contribution in [1.82, 2.24) is 15.2 Å². The molecule has 0 radical (unpaired) electrons. The Hall–Kier alpha value is -1.79. The first kappa shape index (κ1) is 15.6. The predicted molar refractivity (Wildman–Crippen MR) is 82.2 cm³/mol. The summed E-state index contributed by atoms with van der Waals surface area (Å²) < 4.78 is 12.9. The smallest absolute Gasteiger partial charge is 0.265 e. The highest BCUT2D eigenvalue weighted by molar-refractivity contribution is 7.13. The highest BCUT2D eigenvalue weighted by Crippen LogP contribution is 2.18. The summed E-state index contributed by atoms with van der Waals surface area (Å²) in [7, 11) is 3.63. The fraction of sp³-hybridized carbons (Fsp3) is 0.333. The molecular formula is C15H18FN3OS. The van der Waals surface area contributed by atoms with E-state index in [1.807, 2.05) is 7.05 Å². The van der Waals surface area contributed by atoms with Crippen molar-refractivity contribution in [3.63, 3.8) is 0 Å². The van der Waals surface area contributed by atoms with Crippen molar-refractivity contribution in [3.05, 3.63) is 51.7 Å². The van der Waals surface area contributed by atoms with Gasteiger partial charge in [0.15, 0.2) is 0 Å². The van der Waals surface area contributed by atoms with Crippen LogP contribution in [0.2, 0.25) is 0 Å². The number of aromatic nitrogens is 1. The molecule has 1 heterocycles. The highest BCUT2D eigenvalue weighted by atomic mass is 32.1. The minimum absolute atomic E-state index is 0.0203. The molecule has 0 fully saturated rings. The van der Waals surface area contributed by atoms with Crippen molar-refractivity contribution in [1.29, 1.82) is 0 Å². The predicted octanol–water partition coefficient (Wildman–Crippen LogP) is 2.16. The Kier molecular flexibility index (Phi) is 5.41. The van der Waals surface area contributed by atoms with Crippen LogP contribution in [0.5, 0.6) is 0 Å². The zero-order chi connectivity index (χ0) is 15.2. The molecule has 1 amide bonds. The Balaban J connectivity index is 2.00. The number of likely N-dealkylation sites (N-methyl/N-ethyl adjacent to an activating group) is 2. The van der Waals surface area contributed by atoms with Crippen molar-refractivity contribution in [2.24, 2.45) is 0 Å². The molecule has 0 aliphatic heterocycles. The largest absolute Gasteiger partial charge is 0.340 e. The zero-order valence-electron chi connectivity index (χ0n) is 12.1. The van der Waals surface area contributed by atoms with E-state index in [4.69, 9.17) is 0 Å². The van der Waals surface area contributed by atoms with Gasteiger partial charge in [0.1, 0.15) is 10.7 Å². The summed E-state index contributed by atoms with van der Waals surface area (Å²) in [5.74, 6) is -0.270. The lowest BCUT2D eigenvalue weighted by molar-refractivity contribution is 0.0801. The molecule has 0 aliphatic carbocycles. The molecular weight excluding hydrogens is 289 g/mol. The molecule has 2 aromatic rings. The third-order valence-electron chi connectivity index (χ3n) is 3.08. The van der Waals surface area contributed by atoms with Crippen LogP contribution in [0.4, 0.5) is 4.39 Å². The van der Waals surface area contributed by atoms with E-state index in [-0.39, 0.29) is 11.7 Å². The molecule has 2 rings (SSSR count). The SMILES string of the molecule is CNCCN(C)C(=O)c1cnc(Cc2ccc(F)cc2)s1. The average molecular weight is 307 g/mol. The standard InChI is InChI=1S/C15H18FN3OS/c1-17-7-8-19(2)15(20)13-10-18-14(21-13)9-11-3-5-12(16)6-4-11/h3-6,10,17H,7-9H2,1-2H3. The lowest BCUT2D eigenvalue weighted by atomic mass is 10.2. The minimum atomic E-state index is -0.250. The molecule has 0 bridgehead atoms. The maximum absolute atomic E-state index is 12.9. The van der Waals surface area contributed by atoms with Crippen LogP contribution in [-0.4, -0.2) is 43.0 Å². The Morgan fingerprint density at radius 3 is 2.76 bits per heavy atom. The molecule has 0 atom stereocenters. The summed E-state index contributed by atoms with van der Waals surface area (Å²) in [5, 5.41) is 3.86. The molecule has 6 heteroatoms. The Morgan fingerprint density at radius 1 is 1.38 bits per heavy atom. The lowest BCUT2D eigenvalue weighted by Crippen LogP contribution is -2.32. The van der Waals surface area contributed by atoms with Crippen LogP contribution in [0, 0.1) is 5.82 Å². The quantitative estimate of drug-likeness (QED) is 0.889. The fourth-order valence-electron chi connectivity index (χ4n) is 1.84. The van der Waals surface area contributed by atoms with Gasteiger partial charge in [0.05, 0.1) is 11.2 Å². The number of hydrogen-bond donors (Lipinski definition) is 1. The summed E-state index contributed by atoms with van der Waals surface area (Å²) >= 11 is 1.39.